The van der Waals surface area contributed by atoms with Crippen LogP contribution in [0.15, 0.2) is 53.6 Å². The molecule has 0 aliphatic heterocycles. The summed E-state index contributed by atoms with van der Waals surface area (Å²) >= 11 is 0. The van der Waals surface area contributed by atoms with Crippen LogP contribution in [0.2, 0.25) is 0 Å². The molecule has 0 fully saturated rings. The van der Waals surface area contributed by atoms with Gasteiger partial charge >= 0.3 is 0 Å². The molecule has 112 valence electrons. The van der Waals surface area contributed by atoms with Crippen molar-refractivity contribution in [2.24, 2.45) is 0 Å². The van der Waals surface area contributed by atoms with Gasteiger partial charge in [0.25, 0.3) is 15.7 Å². The number of para-hydroxylation sites is 2. The van der Waals surface area contributed by atoms with Crippen molar-refractivity contribution in [2.75, 3.05) is 4.72 Å². The smallest absolute Gasteiger partial charge is 0.277 e. The average molecular weight is 318 g/mol. The van der Waals surface area contributed by atoms with Crippen molar-refractivity contribution in [3.8, 4) is 0 Å². The summed E-state index contributed by atoms with van der Waals surface area (Å²) in [6.45, 7) is 0. The molecule has 3 aromatic rings. The van der Waals surface area contributed by atoms with E-state index in [-0.39, 0.29) is 5.69 Å². The number of benzene rings is 2. The third-order valence-electron chi connectivity index (χ3n) is 3.07. The van der Waals surface area contributed by atoms with Gasteiger partial charge in [-0.2, -0.15) is 5.10 Å². The number of nitro benzene ring substituents is 1. The van der Waals surface area contributed by atoms with Crippen molar-refractivity contribution < 1.29 is 13.3 Å². The van der Waals surface area contributed by atoms with E-state index in [0.29, 0.717) is 5.52 Å². The number of sulfonamides is 1. The molecule has 3 rings (SSSR count). The third-order valence-corrected chi connectivity index (χ3v) is 4.49. The molecule has 2 N–H and O–H groups in total. The first kappa shape index (κ1) is 14.0. The van der Waals surface area contributed by atoms with Crippen LogP contribution in [0.3, 0.4) is 0 Å². The van der Waals surface area contributed by atoms with Crippen LogP contribution in [0.1, 0.15) is 0 Å². The number of fused-ring (bicyclic) bond motifs is 1. The van der Waals surface area contributed by atoms with Crippen LogP contribution < -0.4 is 4.72 Å². The monoisotopic (exact) mass is 318 g/mol. The molecule has 0 saturated heterocycles. The predicted octanol–water partition coefficient (Wildman–Crippen LogP) is 2.27. The molecule has 0 bridgehead atoms. The van der Waals surface area contributed by atoms with Gasteiger partial charge in [-0.25, -0.2) is 8.42 Å². The number of H-pyrrole nitrogens is 1. The molecular weight excluding hydrogens is 308 g/mol. The summed E-state index contributed by atoms with van der Waals surface area (Å²) in [5.41, 5.74) is 0.296. The van der Waals surface area contributed by atoms with E-state index in [1.165, 1.54) is 18.2 Å². The van der Waals surface area contributed by atoms with Crippen LogP contribution >= 0.6 is 0 Å². The summed E-state index contributed by atoms with van der Waals surface area (Å²) in [6.07, 6.45) is 1.55. The largest absolute Gasteiger partial charge is 0.289 e. The second-order valence-corrected chi connectivity index (χ2v) is 6.12. The summed E-state index contributed by atoms with van der Waals surface area (Å²) in [4.78, 5) is 9.87. The molecule has 0 spiro atoms. The number of nitrogens with one attached hydrogen (secondary N) is 2. The average Bonchev–Trinajstić information content (AvgIpc) is 2.96. The van der Waals surface area contributed by atoms with Crippen LogP contribution in [-0.2, 0) is 10.0 Å². The summed E-state index contributed by atoms with van der Waals surface area (Å²) in [7, 11) is -4.10. The summed E-state index contributed by atoms with van der Waals surface area (Å²) in [5, 5.41) is 18.2. The fourth-order valence-electron chi connectivity index (χ4n) is 2.09. The molecule has 1 heterocycles. The molecule has 22 heavy (non-hydrogen) atoms. The quantitative estimate of drug-likeness (QED) is 0.565. The maximum absolute atomic E-state index is 12.4. The van der Waals surface area contributed by atoms with E-state index in [4.69, 9.17) is 0 Å². The van der Waals surface area contributed by atoms with Gasteiger partial charge in [-0.3, -0.25) is 19.9 Å². The molecular formula is C13H10N4O4S. The Morgan fingerprint density at radius 3 is 2.68 bits per heavy atom. The maximum Gasteiger partial charge on any atom is 0.289 e. The van der Waals surface area contributed by atoms with E-state index >= 15 is 0 Å². The van der Waals surface area contributed by atoms with E-state index in [1.807, 2.05) is 0 Å². The second kappa shape index (κ2) is 5.11. The predicted molar refractivity (Wildman–Crippen MR) is 80.0 cm³/mol. The van der Waals surface area contributed by atoms with Gasteiger partial charge < -0.3 is 0 Å². The number of nitro groups is 1. The van der Waals surface area contributed by atoms with Gasteiger partial charge in [0, 0.05) is 11.5 Å². The molecule has 2 aromatic carbocycles. The Kier molecular flexibility index (Phi) is 3.26. The minimum absolute atomic E-state index is 0.271. The van der Waals surface area contributed by atoms with Crippen molar-refractivity contribution in [1.82, 2.24) is 10.2 Å². The van der Waals surface area contributed by atoms with E-state index in [9.17, 15) is 18.5 Å². The van der Waals surface area contributed by atoms with Crippen LogP contribution in [0.4, 0.5) is 11.4 Å². The standard InChI is InChI=1S/C13H10N4O4S/c18-17(19)11-6-1-2-7-12(11)22(20,21)16-10-5-3-4-9-8-14-15-13(9)10/h1-8,16H,(H,14,15). The Hall–Kier alpha value is -2.94. The molecule has 0 atom stereocenters. The number of aromatic nitrogens is 2. The molecule has 0 aliphatic carbocycles. The molecule has 0 unspecified atom stereocenters. The molecule has 8 nitrogen and oxygen atoms in total. The third kappa shape index (κ3) is 2.37. The van der Waals surface area contributed by atoms with Crippen LogP contribution in [-0.4, -0.2) is 23.5 Å². The molecule has 0 aliphatic rings. The number of anilines is 1. The molecule has 1 aromatic heterocycles. The first-order valence-corrected chi connectivity index (χ1v) is 7.66. The van der Waals surface area contributed by atoms with Gasteiger partial charge in [0.2, 0.25) is 0 Å². The summed E-state index contributed by atoms with van der Waals surface area (Å²) in [6, 6.07) is 10.1. The second-order valence-electron chi connectivity index (χ2n) is 4.47. The molecule has 9 heteroatoms. The van der Waals surface area contributed by atoms with Gasteiger partial charge in [-0.15, -0.1) is 0 Å². The molecule has 0 saturated carbocycles. The van der Waals surface area contributed by atoms with E-state index in [0.717, 1.165) is 11.5 Å². The highest BCUT2D eigenvalue weighted by Gasteiger charge is 2.25. The highest BCUT2D eigenvalue weighted by molar-refractivity contribution is 7.92. The zero-order valence-corrected chi connectivity index (χ0v) is 11.9. The Morgan fingerprint density at radius 2 is 1.91 bits per heavy atom. The summed E-state index contributed by atoms with van der Waals surface area (Å²) in [5.74, 6) is 0. The Balaban J connectivity index is 2.08. The fraction of sp³-hybridized carbons (Fsp3) is 0. The van der Waals surface area contributed by atoms with Gasteiger partial charge in [-0.05, 0) is 12.1 Å². The topological polar surface area (TPSA) is 118 Å². The lowest BCUT2D eigenvalue weighted by molar-refractivity contribution is -0.387. The normalized spacial score (nSPS) is 11.5. The highest BCUT2D eigenvalue weighted by Crippen LogP contribution is 2.27. The lowest BCUT2D eigenvalue weighted by Gasteiger charge is -2.09. The molecule has 0 amide bonds. The maximum atomic E-state index is 12.4. The first-order valence-electron chi connectivity index (χ1n) is 6.17. The number of nitrogens with zero attached hydrogens (tertiary/aromatic N) is 2. The zero-order chi connectivity index (χ0) is 15.7. The lowest BCUT2D eigenvalue weighted by Crippen LogP contribution is -2.15. The van der Waals surface area contributed by atoms with Crippen LogP contribution in [0.25, 0.3) is 10.9 Å². The van der Waals surface area contributed by atoms with Gasteiger partial charge in [0.1, 0.15) is 0 Å². The lowest BCUT2D eigenvalue weighted by atomic mass is 10.2. The van der Waals surface area contributed by atoms with Gasteiger partial charge in [0.05, 0.1) is 22.3 Å². The Bertz CT molecular complexity index is 965. The highest BCUT2D eigenvalue weighted by atomic mass is 32.2. The minimum atomic E-state index is -4.10. The number of aromatic amines is 1. The van der Waals surface area contributed by atoms with Crippen molar-refractivity contribution in [3.05, 3.63) is 58.8 Å². The number of rotatable bonds is 4. The van der Waals surface area contributed by atoms with Crippen molar-refractivity contribution in [1.29, 1.82) is 0 Å². The minimum Gasteiger partial charge on any atom is -0.277 e. The van der Waals surface area contributed by atoms with E-state index < -0.39 is 25.5 Å². The van der Waals surface area contributed by atoms with Gasteiger partial charge in [0.15, 0.2) is 4.90 Å². The molecule has 0 radical (unpaired) electrons. The SMILES string of the molecule is O=[N+]([O-])c1ccccc1S(=O)(=O)Nc1cccc2cn[nH]c12. The zero-order valence-electron chi connectivity index (χ0n) is 11.1. The Morgan fingerprint density at radius 1 is 1.14 bits per heavy atom. The van der Waals surface area contributed by atoms with Crippen molar-refractivity contribution in [2.45, 2.75) is 4.90 Å². The van der Waals surface area contributed by atoms with E-state index in [1.54, 1.807) is 24.4 Å². The van der Waals surface area contributed by atoms with E-state index in [2.05, 4.69) is 14.9 Å². The summed E-state index contributed by atoms with van der Waals surface area (Å²) < 4.78 is 27.2. The van der Waals surface area contributed by atoms with Crippen molar-refractivity contribution in [3.63, 3.8) is 0 Å². The van der Waals surface area contributed by atoms with Crippen LogP contribution in [0, 0.1) is 10.1 Å². The Labute approximate surface area is 125 Å². The fourth-order valence-corrected chi connectivity index (χ4v) is 3.33. The number of hydrogen-bond acceptors (Lipinski definition) is 5. The van der Waals surface area contributed by atoms with Crippen molar-refractivity contribution >= 4 is 32.3 Å². The number of hydrogen-bond donors (Lipinski definition) is 2. The first-order chi connectivity index (χ1) is 10.5. The van der Waals surface area contributed by atoms with Crippen LogP contribution in [0.5, 0.6) is 0 Å². The van der Waals surface area contributed by atoms with Gasteiger partial charge in [-0.1, -0.05) is 24.3 Å².